The molecular formula is C15H17N3O2. The van der Waals surface area contributed by atoms with E-state index in [9.17, 15) is 4.79 Å². The second-order valence-electron chi connectivity index (χ2n) is 4.84. The monoisotopic (exact) mass is 271 g/mol. The summed E-state index contributed by atoms with van der Waals surface area (Å²) in [6.45, 7) is 4.67. The van der Waals surface area contributed by atoms with E-state index in [0.29, 0.717) is 12.5 Å². The highest BCUT2D eigenvalue weighted by Gasteiger charge is 2.05. The van der Waals surface area contributed by atoms with Crippen molar-refractivity contribution in [3.63, 3.8) is 0 Å². The molecule has 2 N–H and O–H groups in total. The van der Waals surface area contributed by atoms with Crippen molar-refractivity contribution in [2.45, 2.75) is 26.3 Å². The van der Waals surface area contributed by atoms with Crippen LogP contribution >= 0.6 is 0 Å². The number of carbonyl (C=O) groups is 1. The number of aromatic nitrogens is 2. The molecule has 0 aliphatic heterocycles. The zero-order chi connectivity index (χ0) is 14.5. The third-order valence-corrected chi connectivity index (χ3v) is 2.93. The fourth-order valence-corrected chi connectivity index (χ4v) is 1.79. The van der Waals surface area contributed by atoms with Crippen LogP contribution in [-0.4, -0.2) is 21.0 Å². The highest BCUT2D eigenvalue weighted by molar-refractivity contribution is 5.87. The fraction of sp³-hybridized carbons (Fsp3) is 0.267. The van der Waals surface area contributed by atoms with Gasteiger partial charge in [0.1, 0.15) is 12.1 Å². The van der Waals surface area contributed by atoms with Gasteiger partial charge in [0.2, 0.25) is 0 Å². The van der Waals surface area contributed by atoms with Crippen molar-refractivity contribution >= 4 is 11.8 Å². The molecule has 0 bridgehead atoms. The highest BCUT2D eigenvalue weighted by Crippen LogP contribution is 2.14. The van der Waals surface area contributed by atoms with E-state index in [1.54, 1.807) is 18.2 Å². The van der Waals surface area contributed by atoms with Gasteiger partial charge in [0, 0.05) is 18.3 Å². The molecule has 1 heterocycles. The van der Waals surface area contributed by atoms with Crippen molar-refractivity contribution in [3.8, 4) is 0 Å². The minimum Gasteiger partial charge on any atom is -0.478 e. The SMILES string of the molecule is CC(C)c1cc(NCc2cccc(C(=O)O)c2)ncn1. The number of rotatable bonds is 5. The molecule has 5 heteroatoms. The van der Waals surface area contributed by atoms with Gasteiger partial charge in [0.15, 0.2) is 0 Å². The van der Waals surface area contributed by atoms with Crippen LogP contribution in [0.25, 0.3) is 0 Å². The topological polar surface area (TPSA) is 75.1 Å². The Labute approximate surface area is 117 Å². The average molecular weight is 271 g/mol. The van der Waals surface area contributed by atoms with Crippen LogP contribution in [0, 0.1) is 0 Å². The molecule has 20 heavy (non-hydrogen) atoms. The quantitative estimate of drug-likeness (QED) is 0.874. The molecule has 0 aliphatic rings. The number of hydrogen-bond acceptors (Lipinski definition) is 4. The summed E-state index contributed by atoms with van der Waals surface area (Å²) in [6, 6.07) is 8.75. The van der Waals surface area contributed by atoms with Crippen LogP contribution < -0.4 is 5.32 Å². The minimum atomic E-state index is -0.920. The zero-order valence-corrected chi connectivity index (χ0v) is 11.5. The Morgan fingerprint density at radius 1 is 1.30 bits per heavy atom. The van der Waals surface area contributed by atoms with E-state index in [1.165, 1.54) is 6.33 Å². The highest BCUT2D eigenvalue weighted by atomic mass is 16.4. The Hall–Kier alpha value is -2.43. The van der Waals surface area contributed by atoms with Gasteiger partial charge >= 0.3 is 5.97 Å². The molecule has 0 fully saturated rings. The molecule has 5 nitrogen and oxygen atoms in total. The van der Waals surface area contributed by atoms with Gasteiger partial charge in [-0.05, 0) is 23.6 Å². The number of anilines is 1. The number of nitrogens with one attached hydrogen (secondary N) is 1. The van der Waals surface area contributed by atoms with Crippen LogP contribution in [0.2, 0.25) is 0 Å². The first-order valence-electron chi connectivity index (χ1n) is 6.44. The van der Waals surface area contributed by atoms with Gasteiger partial charge in [-0.2, -0.15) is 0 Å². The number of benzene rings is 1. The van der Waals surface area contributed by atoms with Crippen LogP contribution in [0.4, 0.5) is 5.82 Å². The summed E-state index contributed by atoms with van der Waals surface area (Å²) >= 11 is 0. The van der Waals surface area contributed by atoms with Gasteiger partial charge < -0.3 is 10.4 Å². The maximum Gasteiger partial charge on any atom is 0.335 e. The molecule has 0 saturated carbocycles. The summed E-state index contributed by atoms with van der Waals surface area (Å²) in [4.78, 5) is 19.3. The molecule has 104 valence electrons. The molecule has 0 saturated heterocycles. The van der Waals surface area contributed by atoms with E-state index < -0.39 is 5.97 Å². The summed E-state index contributed by atoms with van der Waals surface area (Å²) in [7, 11) is 0. The van der Waals surface area contributed by atoms with Crippen molar-refractivity contribution in [1.82, 2.24) is 9.97 Å². The normalized spacial score (nSPS) is 10.6. The lowest BCUT2D eigenvalue weighted by Gasteiger charge is -2.09. The standard InChI is InChI=1S/C15H17N3O2/c1-10(2)13-7-14(18-9-17-13)16-8-11-4-3-5-12(6-11)15(19)20/h3-7,9-10H,8H2,1-2H3,(H,19,20)(H,16,17,18). The van der Waals surface area contributed by atoms with Crippen molar-refractivity contribution in [1.29, 1.82) is 0 Å². The van der Waals surface area contributed by atoms with Crippen LogP contribution in [0.15, 0.2) is 36.7 Å². The van der Waals surface area contributed by atoms with E-state index in [4.69, 9.17) is 5.11 Å². The summed E-state index contributed by atoms with van der Waals surface area (Å²) in [5, 5.41) is 12.1. The Bertz CT molecular complexity index is 612. The number of hydrogen-bond donors (Lipinski definition) is 2. The number of carboxylic acids is 1. The van der Waals surface area contributed by atoms with Crippen LogP contribution in [0.1, 0.15) is 41.4 Å². The first kappa shape index (κ1) is 14.0. The molecular weight excluding hydrogens is 254 g/mol. The maximum absolute atomic E-state index is 10.9. The first-order chi connectivity index (χ1) is 9.56. The molecule has 1 aromatic heterocycles. The largest absolute Gasteiger partial charge is 0.478 e. The minimum absolute atomic E-state index is 0.287. The van der Waals surface area contributed by atoms with Gasteiger partial charge in [-0.15, -0.1) is 0 Å². The van der Waals surface area contributed by atoms with Crippen molar-refractivity contribution in [2.75, 3.05) is 5.32 Å². The molecule has 0 atom stereocenters. The van der Waals surface area contributed by atoms with E-state index in [1.807, 2.05) is 12.1 Å². The number of nitrogens with zero attached hydrogens (tertiary/aromatic N) is 2. The molecule has 0 spiro atoms. The number of carboxylic acid groups (broad SMARTS) is 1. The third-order valence-electron chi connectivity index (χ3n) is 2.93. The summed E-state index contributed by atoms with van der Waals surface area (Å²) < 4.78 is 0. The van der Waals surface area contributed by atoms with Gasteiger partial charge in [-0.3, -0.25) is 0 Å². The summed E-state index contributed by atoms with van der Waals surface area (Å²) in [6.07, 6.45) is 1.53. The summed E-state index contributed by atoms with van der Waals surface area (Å²) in [5.41, 5.74) is 2.16. The lowest BCUT2D eigenvalue weighted by molar-refractivity contribution is 0.0697. The lowest BCUT2D eigenvalue weighted by atomic mass is 10.1. The molecule has 1 aromatic carbocycles. The Balaban J connectivity index is 2.07. The second kappa shape index (κ2) is 6.14. The Morgan fingerprint density at radius 2 is 2.10 bits per heavy atom. The third kappa shape index (κ3) is 3.54. The van der Waals surface area contributed by atoms with Gasteiger partial charge in [-0.1, -0.05) is 26.0 Å². The van der Waals surface area contributed by atoms with E-state index in [-0.39, 0.29) is 5.56 Å². The maximum atomic E-state index is 10.9. The van der Waals surface area contributed by atoms with Crippen molar-refractivity contribution in [2.24, 2.45) is 0 Å². The predicted octanol–water partition coefficient (Wildman–Crippen LogP) is 2.91. The molecule has 2 aromatic rings. The number of aromatic carboxylic acids is 1. The van der Waals surface area contributed by atoms with Gasteiger partial charge in [-0.25, -0.2) is 14.8 Å². The van der Waals surface area contributed by atoms with E-state index in [0.717, 1.165) is 17.1 Å². The van der Waals surface area contributed by atoms with Crippen LogP contribution in [0.3, 0.4) is 0 Å². The predicted molar refractivity (Wildman–Crippen MR) is 76.8 cm³/mol. The molecule has 0 radical (unpaired) electrons. The second-order valence-corrected chi connectivity index (χ2v) is 4.84. The van der Waals surface area contributed by atoms with E-state index >= 15 is 0 Å². The van der Waals surface area contributed by atoms with Crippen molar-refractivity contribution in [3.05, 3.63) is 53.5 Å². The fourth-order valence-electron chi connectivity index (χ4n) is 1.79. The molecule has 0 amide bonds. The summed E-state index contributed by atoms with van der Waals surface area (Å²) in [5.74, 6) is 0.161. The Morgan fingerprint density at radius 3 is 2.80 bits per heavy atom. The molecule has 0 unspecified atom stereocenters. The zero-order valence-electron chi connectivity index (χ0n) is 11.5. The molecule has 0 aliphatic carbocycles. The van der Waals surface area contributed by atoms with Crippen LogP contribution in [0.5, 0.6) is 0 Å². The smallest absolute Gasteiger partial charge is 0.335 e. The first-order valence-corrected chi connectivity index (χ1v) is 6.44. The van der Waals surface area contributed by atoms with Gasteiger partial charge in [0.25, 0.3) is 0 Å². The lowest BCUT2D eigenvalue weighted by Crippen LogP contribution is -2.05. The Kier molecular flexibility index (Phi) is 4.30. The van der Waals surface area contributed by atoms with Crippen LogP contribution in [-0.2, 0) is 6.54 Å². The van der Waals surface area contributed by atoms with Crippen molar-refractivity contribution < 1.29 is 9.90 Å². The molecule has 2 rings (SSSR count). The van der Waals surface area contributed by atoms with E-state index in [2.05, 4.69) is 29.1 Å². The average Bonchev–Trinajstić information content (AvgIpc) is 2.45. The van der Waals surface area contributed by atoms with Gasteiger partial charge in [0.05, 0.1) is 5.56 Å².